The summed E-state index contributed by atoms with van der Waals surface area (Å²) >= 11 is 0. The van der Waals surface area contributed by atoms with Crippen LogP contribution in [0.5, 0.6) is 11.5 Å². The van der Waals surface area contributed by atoms with Crippen molar-refractivity contribution in [3.8, 4) is 22.6 Å². The van der Waals surface area contributed by atoms with Crippen LogP contribution in [0.3, 0.4) is 0 Å². The summed E-state index contributed by atoms with van der Waals surface area (Å²) in [6, 6.07) is 17.1. The number of nitro groups is 1. The molecule has 0 aromatic heterocycles. The van der Waals surface area contributed by atoms with E-state index in [-0.39, 0.29) is 18.2 Å². The van der Waals surface area contributed by atoms with Gasteiger partial charge in [-0.25, -0.2) is 0 Å². The number of carbonyl (C=O) groups is 1. The molecule has 0 atom stereocenters. The predicted molar refractivity (Wildman–Crippen MR) is 115 cm³/mol. The van der Waals surface area contributed by atoms with Crippen molar-refractivity contribution in [3.05, 3.63) is 81.9 Å². The minimum Gasteiger partial charge on any atom is -0.497 e. The van der Waals surface area contributed by atoms with Crippen LogP contribution in [0.4, 0.5) is 11.4 Å². The standard InChI is InChI=1S/C23H22N2O5/c1-15-10-16(2)12-18(11-15)24-23(26)14-30-22-9-6-19(25(27)28)13-21(22)17-4-7-20(29-3)8-5-17/h4-13H,14H2,1-3H3,(H,24,26). The first-order valence-corrected chi connectivity index (χ1v) is 9.29. The van der Waals surface area contributed by atoms with Crippen LogP contribution in [-0.4, -0.2) is 24.5 Å². The minimum atomic E-state index is -0.469. The normalized spacial score (nSPS) is 10.4. The van der Waals surface area contributed by atoms with E-state index in [0.29, 0.717) is 28.3 Å². The largest absolute Gasteiger partial charge is 0.497 e. The fourth-order valence-corrected chi connectivity index (χ4v) is 3.14. The van der Waals surface area contributed by atoms with E-state index in [2.05, 4.69) is 5.32 Å². The van der Waals surface area contributed by atoms with E-state index in [9.17, 15) is 14.9 Å². The average molecular weight is 406 g/mol. The number of benzene rings is 3. The number of carbonyl (C=O) groups excluding carboxylic acids is 1. The Morgan fingerprint density at radius 1 is 1.00 bits per heavy atom. The van der Waals surface area contributed by atoms with E-state index in [1.807, 2.05) is 32.0 Å². The monoisotopic (exact) mass is 406 g/mol. The van der Waals surface area contributed by atoms with Crippen LogP contribution >= 0.6 is 0 Å². The van der Waals surface area contributed by atoms with Crippen molar-refractivity contribution >= 4 is 17.3 Å². The Labute approximate surface area is 174 Å². The van der Waals surface area contributed by atoms with Gasteiger partial charge in [0.15, 0.2) is 6.61 Å². The summed E-state index contributed by atoms with van der Waals surface area (Å²) in [5.41, 5.74) is 3.95. The molecule has 7 nitrogen and oxygen atoms in total. The minimum absolute atomic E-state index is 0.0622. The highest BCUT2D eigenvalue weighted by Crippen LogP contribution is 2.34. The Kier molecular flexibility index (Phi) is 6.32. The van der Waals surface area contributed by atoms with Crippen LogP contribution in [0.15, 0.2) is 60.7 Å². The van der Waals surface area contributed by atoms with E-state index in [1.54, 1.807) is 31.4 Å². The second-order valence-corrected chi connectivity index (χ2v) is 6.88. The lowest BCUT2D eigenvalue weighted by Crippen LogP contribution is -2.20. The molecule has 0 saturated carbocycles. The van der Waals surface area contributed by atoms with Gasteiger partial charge < -0.3 is 14.8 Å². The van der Waals surface area contributed by atoms with E-state index in [1.165, 1.54) is 18.2 Å². The van der Waals surface area contributed by atoms with Crippen LogP contribution in [0.25, 0.3) is 11.1 Å². The zero-order chi connectivity index (χ0) is 21.7. The van der Waals surface area contributed by atoms with Crippen LogP contribution < -0.4 is 14.8 Å². The van der Waals surface area contributed by atoms with Crippen molar-refractivity contribution in [3.63, 3.8) is 0 Å². The number of non-ortho nitro benzene ring substituents is 1. The molecule has 1 amide bonds. The maximum Gasteiger partial charge on any atom is 0.270 e. The Morgan fingerprint density at radius 3 is 2.27 bits per heavy atom. The first-order chi connectivity index (χ1) is 14.4. The number of rotatable bonds is 7. The van der Waals surface area contributed by atoms with Gasteiger partial charge in [0.1, 0.15) is 11.5 Å². The first kappa shape index (κ1) is 20.9. The van der Waals surface area contributed by atoms with Gasteiger partial charge in [-0.2, -0.15) is 0 Å². The van der Waals surface area contributed by atoms with Gasteiger partial charge in [-0.15, -0.1) is 0 Å². The molecule has 0 aliphatic heterocycles. The molecule has 0 radical (unpaired) electrons. The van der Waals surface area contributed by atoms with Crippen LogP contribution in [0.1, 0.15) is 11.1 Å². The Bertz CT molecular complexity index is 1060. The lowest BCUT2D eigenvalue weighted by molar-refractivity contribution is -0.384. The van der Waals surface area contributed by atoms with Crippen LogP contribution in [0, 0.1) is 24.0 Å². The lowest BCUT2D eigenvalue weighted by Gasteiger charge is -2.13. The van der Waals surface area contributed by atoms with Gasteiger partial charge in [0, 0.05) is 23.4 Å². The molecule has 0 aliphatic rings. The number of ether oxygens (including phenoxy) is 2. The maximum absolute atomic E-state index is 12.4. The molecule has 3 aromatic rings. The van der Waals surface area contributed by atoms with Crippen molar-refractivity contribution in [2.75, 3.05) is 19.0 Å². The van der Waals surface area contributed by atoms with Crippen molar-refractivity contribution < 1.29 is 19.2 Å². The molecule has 0 spiro atoms. The van der Waals surface area contributed by atoms with Gasteiger partial charge in [0.2, 0.25) is 0 Å². The molecule has 0 bridgehead atoms. The number of hydrogen-bond acceptors (Lipinski definition) is 5. The Morgan fingerprint density at radius 2 is 1.67 bits per heavy atom. The van der Waals surface area contributed by atoms with Crippen LogP contribution in [-0.2, 0) is 4.79 Å². The molecule has 3 aromatic carbocycles. The van der Waals surface area contributed by atoms with Gasteiger partial charge >= 0.3 is 0 Å². The molecule has 0 heterocycles. The van der Waals surface area contributed by atoms with Crippen molar-refractivity contribution in [2.45, 2.75) is 13.8 Å². The van der Waals surface area contributed by atoms with Crippen molar-refractivity contribution in [2.24, 2.45) is 0 Å². The molecule has 0 fully saturated rings. The Hall–Kier alpha value is -3.87. The summed E-state index contributed by atoms with van der Waals surface area (Å²) in [5, 5.41) is 14.0. The topological polar surface area (TPSA) is 90.7 Å². The number of methoxy groups -OCH3 is 1. The summed E-state index contributed by atoms with van der Waals surface area (Å²) < 4.78 is 10.9. The molecular formula is C23H22N2O5. The molecule has 0 unspecified atom stereocenters. The lowest BCUT2D eigenvalue weighted by atomic mass is 10.0. The zero-order valence-corrected chi connectivity index (χ0v) is 17.0. The SMILES string of the molecule is COc1ccc(-c2cc([N+](=O)[O-])ccc2OCC(=O)Nc2cc(C)cc(C)c2)cc1. The highest BCUT2D eigenvalue weighted by atomic mass is 16.6. The van der Waals surface area contributed by atoms with Gasteiger partial charge in [-0.1, -0.05) is 18.2 Å². The summed E-state index contributed by atoms with van der Waals surface area (Å²) in [7, 11) is 1.56. The smallest absolute Gasteiger partial charge is 0.270 e. The number of anilines is 1. The number of nitrogens with zero attached hydrogens (tertiary/aromatic N) is 1. The van der Waals surface area contributed by atoms with Gasteiger partial charge in [-0.3, -0.25) is 14.9 Å². The third kappa shape index (κ3) is 5.14. The highest BCUT2D eigenvalue weighted by Gasteiger charge is 2.15. The average Bonchev–Trinajstić information content (AvgIpc) is 2.71. The highest BCUT2D eigenvalue weighted by molar-refractivity contribution is 5.92. The molecule has 0 aliphatic carbocycles. The quantitative estimate of drug-likeness (QED) is 0.445. The zero-order valence-electron chi connectivity index (χ0n) is 17.0. The number of hydrogen-bond donors (Lipinski definition) is 1. The predicted octanol–water partition coefficient (Wildman–Crippen LogP) is 4.90. The van der Waals surface area contributed by atoms with Gasteiger partial charge in [0.25, 0.3) is 11.6 Å². The van der Waals surface area contributed by atoms with Crippen molar-refractivity contribution in [1.82, 2.24) is 0 Å². The molecule has 7 heteroatoms. The number of nitro benzene ring substituents is 1. The molecule has 30 heavy (non-hydrogen) atoms. The van der Waals surface area contributed by atoms with Gasteiger partial charge in [0.05, 0.1) is 12.0 Å². The van der Waals surface area contributed by atoms with E-state index in [4.69, 9.17) is 9.47 Å². The summed E-state index contributed by atoms with van der Waals surface area (Å²) in [6.07, 6.45) is 0. The molecule has 0 saturated heterocycles. The second-order valence-electron chi connectivity index (χ2n) is 6.88. The van der Waals surface area contributed by atoms with Crippen molar-refractivity contribution in [1.29, 1.82) is 0 Å². The first-order valence-electron chi connectivity index (χ1n) is 9.29. The molecular weight excluding hydrogens is 384 g/mol. The third-order valence-corrected chi connectivity index (χ3v) is 4.44. The molecule has 3 rings (SSSR count). The second kappa shape index (κ2) is 9.09. The third-order valence-electron chi connectivity index (χ3n) is 4.44. The van der Waals surface area contributed by atoms with E-state index >= 15 is 0 Å². The fourth-order valence-electron chi connectivity index (χ4n) is 3.14. The summed E-state index contributed by atoms with van der Waals surface area (Å²) in [5.74, 6) is 0.722. The van der Waals surface area contributed by atoms with E-state index in [0.717, 1.165) is 11.1 Å². The summed E-state index contributed by atoms with van der Waals surface area (Å²) in [4.78, 5) is 23.1. The molecule has 154 valence electrons. The number of aryl methyl sites for hydroxylation is 2. The Balaban J connectivity index is 1.80. The number of nitrogens with one attached hydrogen (secondary N) is 1. The fraction of sp³-hybridized carbons (Fsp3) is 0.174. The summed E-state index contributed by atoms with van der Waals surface area (Å²) in [6.45, 7) is 3.68. The molecule has 1 N–H and O–H groups in total. The van der Waals surface area contributed by atoms with Gasteiger partial charge in [-0.05, 0) is 60.9 Å². The number of amides is 1. The van der Waals surface area contributed by atoms with Crippen LogP contribution in [0.2, 0.25) is 0 Å². The maximum atomic E-state index is 12.4. The van der Waals surface area contributed by atoms with E-state index < -0.39 is 4.92 Å².